The van der Waals surface area contributed by atoms with Crippen molar-refractivity contribution in [2.45, 2.75) is 6.92 Å². The van der Waals surface area contributed by atoms with Crippen LogP contribution in [0.1, 0.15) is 16.2 Å². The molecule has 0 aliphatic rings. The van der Waals surface area contributed by atoms with E-state index in [0.29, 0.717) is 11.4 Å². The number of aromatic nitrogens is 3. The zero-order chi connectivity index (χ0) is 17.0. The van der Waals surface area contributed by atoms with E-state index in [1.165, 1.54) is 27.8 Å². The molecule has 8 heteroatoms. The van der Waals surface area contributed by atoms with Crippen LogP contribution in [0.4, 0.5) is 4.39 Å². The maximum absolute atomic E-state index is 13.3. The molecule has 0 aliphatic carbocycles. The van der Waals surface area contributed by atoms with Crippen LogP contribution in [-0.4, -0.2) is 50.6 Å². The van der Waals surface area contributed by atoms with Gasteiger partial charge in [-0.15, -0.1) is 11.7 Å². The predicted molar refractivity (Wildman–Crippen MR) is 84.3 cm³/mol. The molecule has 0 saturated carbocycles. The van der Waals surface area contributed by atoms with Gasteiger partial charge in [-0.25, -0.2) is 9.07 Å². The number of benzene rings is 1. The Bertz CT molecular complexity index is 732. The maximum Gasteiger partial charge on any atom is 0.276 e. The van der Waals surface area contributed by atoms with Crippen LogP contribution in [0.15, 0.2) is 30.9 Å². The van der Waals surface area contributed by atoms with Crippen molar-refractivity contribution in [2.75, 3.05) is 19.7 Å². The molecule has 122 valence electrons. The smallest absolute Gasteiger partial charge is 0.276 e. The van der Waals surface area contributed by atoms with Gasteiger partial charge in [0.1, 0.15) is 5.82 Å². The molecule has 0 unspecified atom stereocenters. The summed E-state index contributed by atoms with van der Waals surface area (Å²) in [6, 6.07) is 4.12. The average molecular weight is 339 g/mol. The lowest BCUT2D eigenvalue weighted by atomic mass is 10.2. The monoisotopic (exact) mass is 338 g/mol. The number of carbonyl (C=O) groups excluding carboxylic acids is 1. The molecule has 0 radical (unpaired) electrons. The molecular weight excluding hydrogens is 323 g/mol. The zero-order valence-corrected chi connectivity index (χ0v) is 13.3. The first-order chi connectivity index (χ1) is 11.0. The van der Waals surface area contributed by atoms with Crippen LogP contribution in [0.25, 0.3) is 5.69 Å². The summed E-state index contributed by atoms with van der Waals surface area (Å²) < 4.78 is 14.7. The van der Waals surface area contributed by atoms with Crippen LogP contribution in [0.5, 0.6) is 0 Å². The number of amides is 1. The predicted octanol–water partition coefficient (Wildman–Crippen LogP) is 1.99. The Kier molecular flexibility index (Phi) is 5.46. The van der Waals surface area contributed by atoms with Gasteiger partial charge in [0, 0.05) is 13.1 Å². The molecule has 23 heavy (non-hydrogen) atoms. The van der Waals surface area contributed by atoms with E-state index in [4.69, 9.17) is 16.7 Å². The summed E-state index contributed by atoms with van der Waals surface area (Å²) in [7, 11) is 0. The van der Waals surface area contributed by atoms with Crippen molar-refractivity contribution >= 4 is 17.5 Å². The molecule has 0 bridgehead atoms. The molecular formula is C15H16ClFN4O2. The number of rotatable bonds is 6. The van der Waals surface area contributed by atoms with Gasteiger partial charge in [-0.1, -0.05) is 22.9 Å². The summed E-state index contributed by atoms with van der Waals surface area (Å²) in [5.74, 6) is -0.902. The maximum atomic E-state index is 13.3. The van der Waals surface area contributed by atoms with Crippen molar-refractivity contribution < 1.29 is 14.3 Å². The summed E-state index contributed by atoms with van der Waals surface area (Å²) in [5.41, 5.74) is 1.14. The Balaban J connectivity index is 2.36. The van der Waals surface area contributed by atoms with Gasteiger partial charge in [0.15, 0.2) is 5.69 Å². The molecule has 1 heterocycles. The van der Waals surface area contributed by atoms with Crippen LogP contribution in [0, 0.1) is 12.7 Å². The number of nitrogens with zero attached hydrogens (tertiary/aromatic N) is 4. The van der Waals surface area contributed by atoms with Gasteiger partial charge in [-0.05, 0) is 25.1 Å². The van der Waals surface area contributed by atoms with Gasteiger partial charge in [-0.2, -0.15) is 0 Å². The molecule has 1 aromatic heterocycles. The minimum atomic E-state index is -0.537. The Morgan fingerprint density at radius 3 is 2.91 bits per heavy atom. The van der Waals surface area contributed by atoms with Gasteiger partial charge in [0.2, 0.25) is 0 Å². The van der Waals surface area contributed by atoms with E-state index in [9.17, 15) is 9.18 Å². The number of hydrogen-bond donors (Lipinski definition) is 1. The van der Waals surface area contributed by atoms with Gasteiger partial charge < -0.3 is 10.0 Å². The Labute approximate surface area is 137 Å². The SMILES string of the molecule is C=CCN(CCO)C(=O)c1nnn(-c2ccc(F)c(Cl)c2)c1C. The molecule has 0 fully saturated rings. The molecule has 1 aromatic carbocycles. The fourth-order valence-corrected chi connectivity index (χ4v) is 2.27. The van der Waals surface area contributed by atoms with Crippen molar-refractivity contribution in [1.29, 1.82) is 0 Å². The van der Waals surface area contributed by atoms with Gasteiger partial charge >= 0.3 is 0 Å². The summed E-state index contributed by atoms with van der Waals surface area (Å²) in [6.45, 7) is 5.55. The standard InChI is InChI=1S/C15H16ClFN4O2/c1-3-6-20(7-8-22)15(23)14-10(2)21(19-18-14)11-4-5-13(17)12(16)9-11/h3-5,9,22H,1,6-8H2,2H3. The van der Waals surface area contributed by atoms with E-state index in [1.807, 2.05) is 0 Å². The van der Waals surface area contributed by atoms with E-state index in [2.05, 4.69) is 16.9 Å². The molecule has 1 N–H and O–H groups in total. The van der Waals surface area contributed by atoms with Crippen molar-refractivity contribution in [3.8, 4) is 5.69 Å². The lowest BCUT2D eigenvalue weighted by Gasteiger charge is -2.18. The van der Waals surface area contributed by atoms with E-state index >= 15 is 0 Å². The quantitative estimate of drug-likeness (QED) is 0.818. The minimum Gasteiger partial charge on any atom is -0.395 e. The second-order valence-electron chi connectivity index (χ2n) is 4.80. The minimum absolute atomic E-state index is 0.0427. The molecule has 2 rings (SSSR count). The first kappa shape index (κ1) is 17.1. The topological polar surface area (TPSA) is 71.2 Å². The normalized spacial score (nSPS) is 10.6. The molecule has 0 aliphatic heterocycles. The largest absolute Gasteiger partial charge is 0.395 e. The number of aliphatic hydroxyl groups is 1. The number of halogens is 2. The molecule has 0 atom stereocenters. The molecule has 2 aromatic rings. The van der Waals surface area contributed by atoms with Crippen molar-refractivity contribution in [2.24, 2.45) is 0 Å². The molecule has 0 spiro atoms. The van der Waals surface area contributed by atoms with E-state index in [-0.39, 0.29) is 36.3 Å². The third-order valence-corrected chi connectivity index (χ3v) is 3.54. The first-order valence-corrected chi connectivity index (χ1v) is 7.26. The average Bonchev–Trinajstić information content (AvgIpc) is 2.91. The highest BCUT2D eigenvalue weighted by atomic mass is 35.5. The molecule has 1 amide bonds. The summed E-state index contributed by atoms with van der Waals surface area (Å²) in [4.78, 5) is 13.9. The molecule has 6 nitrogen and oxygen atoms in total. The van der Waals surface area contributed by atoms with Crippen LogP contribution in [0.2, 0.25) is 5.02 Å². The van der Waals surface area contributed by atoms with Crippen LogP contribution < -0.4 is 0 Å². The van der Waals surface area contributed by atoms with Crippen molar-refractivity contribution in [3.05, 3.63) is 53.1 Å². The highest BCUT2D eigenvalue weighted by Crippen LogP contribution is 2.20. The Hall–Kier alpha value is -2.25. The Morgan fingerprint density at radius 1 is 1.57 bits per heavy atom. The van der Waals surface area contributed by atoms with Gasteiger partial charge in [-0.3, -0.25) is 4.79 Å². The number of carbonyl (C=O) groups is 1. The fraction of sp³-hybridized carbons (Fsp3) is 0.267. The number of aliphatic hydroxyl groups excluding tert-OH is 1. The number of hydrogen-bond acceptors (Lipinski definition) is 4. The molecule has 0 saturated heterocycles. The first-order valence-electron chi connectivity index (χ1n) is 6.88. The van der Waals surface area contributed by atoms with Gasteiger partial charge in [0.25, 0.3) is 5.91 Å². The lowest BCUT2D eigenvalue weighted by molar-refractivity contribution is 0.0736. The van der Waals surface area contributed by atoms with Crippen LogP contribution in [-0.2, 0) is 0 Å². The van der Waals surface area contributed by atoms with Crippen molar-refractivity contribution in [3.63, 3.8) is 0 Å². The highest BCUT2D eigenvalue weighted by Gasteiger charge is 2.22. The highest BCUT2D eigenvalue weighted by molar-refractivity contribution is 6.30. The third-order valence-electron chi connectivity index (χ3n) is 3.25. The van der Waals surface area contributed by atoms with Gasteiger partial charge in [0.05, 0.1) is 23.0 Å². The lowest BCUT2D eigenvalue weighted by Crippen LogP contribution is -2.34. The van der Waals surface area contributed by atoms with E-state index in [0.717, 1.165) is 0 Å². The fourth-order valence-electron chi connectivity index (χ4n) is 2.09. The zero-order valence-electron chi connectivity index (χ0n) is 12.5. The third kappa shape index (κ3) is 3.57. The van der Waals surface area contributed by atoms with Crippen LogP contribution >= 0.6 is 11.6 Å². The summed E-state index contributed by atoms with van der Waals surface area (Å²) in [6.07, 6.45) is 1.56. The Morgan fingerprint density at radius 2 is 2.30 bits per heavy atom. The van der Waals surface area contributed by atoms with Crippen molar-refractivity contribution in [1.82, 2.24) is 19.9 Å². The summed E-state index contributed by atoms with van der Waals surface area (Å²) in [5, 5.41) is 16.8. The summed E-state index contributed by atoms with van der Waals surface area (Å²) >= 11 is 5.77. The van der Waals surface area contributed by atoms with Crippen LogP contribution in [0.3, 0.4) is 0 Å². The second-order valence-corrected chi connectivity index (χ2v) is 5.20. The second kappa shape index (κ2) is 7.34. The van der Waals surface area contributed by atoms with E-state index < -0.39 is 5.82 Å². The van der Waals surface area contributed by atoms with E-state index in [1.54, 1.807) is 13.0 Å².